The maximum Gasteiger partial charge on any atom is 0.249 e. The number of aromatic nitrogens is 4. The van der Waals surface area contributed by atoms with Gasteiger partial charge in [0.25, 0.3) is 0 Å². The number of anilines is 1. The Morgan fingerprint density at radius 1 is 1.26 bits per heavy atom. The summed E-state index contributed by atoms with van der Waals surface area (Å²) in [4.78, 5) is 28.1. The molecule has 2 aromatic carbocycles. The average Bonchev–Trinajstić information content (AvgIpc) is 3.53. The number of ether oxygens (including phenoxy) is 2. The molecule has 1 amide bonds. The molecule has 0 spiro atoms. The highest BCUT2D eigenvalue weighted by molar-refractivity contribution is 14.1. The number of carbonyl (C=O) groups is 1. The van der Waals surface area contributed by atoms with Gasteiger partial charge in [-0.25, -0.2) is 15.0 Å². The number of halogens is 1. The lowest BCUT2D eigenvalue weighted by Crippen LogP contribution is -2.40. The molecule has 3 N–H and O–H groups in total. The van der Waals surface area contributed by atoms with E-state index < -0.39 is 30.4 Å². The smallest absolute Gasteiger partial charge is 0.249 e. The van der Waals surface area contributed by atoms with Gasteiger partial charge in [-0.3, -0.25) is 9.36 Å². The van der Waals surface area contributed by atoms with E-state index in [1.54, 1.807) is 0 Å². The van der Waals surface area contributed by atoms with Crippen molar-refractivity contribution in [2.75, 3.05) is 12.4 Å². The van der Waals surface area contributed by atoms with E-state index in [1.807, 2.05) is 48.5 Å². The molecule has 3 heterocycles. The van der Waals surface area contributed by atoms with Gasteiger partial charge in [-0.15, -0.1) is 0 Å². The highest BCUT2D eigenvalue weighted by atomic mass is 127. The molecule has 5 rings (SSSR count). The van der Waals surface area contributed by atoms with Crippen LogP contribution >= 0.6 is 22.6 Å². The maximum atomic E-state index is 12.3. The van der Waals surface area contributed by atoms with Crippen LogP contribution in [0.3, 0.4) is 0 Å². The molecule has 39 heavy (non-hydrogen) atoms. The summed E-state index contributed by atoms with van der Waals surface area (Å²) in [5, 5.41) is 20.2. The number of aliphatic hydroxyl groups excluding tert-OH is 1. The molecule has 1 saturated heterocycles. The third-order valence-corrected chi connectivity index (χ3v) is 6.94. The Hall–Kier alpha value is -3.98. The zero-order valence-electron chi connectivity index (χ0n) is 20.7. The van der Waals surface area contributed by atoms with Crippen LogP contribution in [-0.2, 0) is 22.7 Å². The normalized spacial score (nSPS) is 20.4. The van der Waals surface area contributed by atoms with Crippen molar-refractivity contribution in [2.45, 2.75) is 37.6 Å². The van der Waals surface area contributed by atoms with Gasteiger partial charge in [-0.1, -0.05) is 35.4 Å². The van der Waals surface area contributed by atoms with Crippen LogP contribution in [0.4, 0.5) is 5.82 Å². The van der Waals surface area contributed by atoms with Gasteiger partial charge in [0.05, 0.1) is 6.33 Å². The van der Waals surface area contributed by atoms with Gasteiger partial charge in [0, 0.05) is 27.6 Å². The van der Waals surface area contributed by atoms with Crippen molar-refractivity contribution in [3.8, 4) is 5.75 Å². The van der Waals surface area contributed by atoms with Crippen LogP contribution in [0.25, 0.3) is 21.6 Å². The number of carbonyl (C=O) groups excluding carboxylic acids is 1. The molecule has 2 aromatic heterocycles. The summed E-state index contributed by atoms with van der Waals surface area (Å²) in [6.45, 7) is 0.842. The van der Waals surface area contributed by atoms with Gasteiger partial charge in [0.2, 0.25) is 5.91 Å². The molecule has 4 aromatic rings. The summed E-state index contributed by atoms with van der Waals surface area (Å²) in [6, 6.07) is 14.8. The van der Waals surface area contributed by atoms with Crippen LogP contribution in [0.2, 0.25) is 0 Å². The molecule has 14 heteroatoms. The monoisotopic (exact) mass is 641 g/mol. The standard InChI is InChI=1S/C25H24IN9O4/c1-28-24(37)21-18(33-34-27)20(36)25(39-21)35-13-32-19-22(30-12-31-23(19)35)29-10-15-9-16(26)7-8-17(15)38-11-14-5-3-2-4-6-14/h2-9,12-13,18,20-21,25,36H,10-11H2,1H3,(H,28,37)(H,29,30,31)/t18-,20+,21-,25+/m0/s1. The van der Waals surface area contributed by atoms with Crippen molar-refractivity contribution in [2.24, 2.45) is 5.11 Å². The van der Waals surface area contributed by atoms with Crippen LogP contribution in [-0.4, -0.2) is 55.8 Å². The fraction of sp³-hybridized carbons (Fsp3) is 0.280. The average molecular weight is 641 g/mol. The first kappa shape index (κ1) is 26.6. The summed E-state index contributed by atoms with van der Waals surface area (Å²) in [6.07, 6.45) is -0.713. The predicted molar refractivity (Wildman–Crippen MR) is 150 cm³/mol. The molecule has 0 radical (unpaired) electrons. The number of likely N-dealkylation sites (N-methyl/N-ethyl adjacent to an activating group) is 1. The second kappa shape index (κ2) is 11.8. The minimum Gasteiger partial charge on any atom is -0.489 e. The number of hydrogen-bond acceptors (Lipinski definition) is 9. The number of imidazole rings is 1. The summed E-state index contributed by atoms with van der Waals surface area (Å²) >= 11 is 2.25. The van der Waals surface area contributed by atoms with Gasteiger partial charge in [0.15, 0.2) is 23.2 Å². The van der Waals surface area contributed by atoms with Gasteiger partial charge in [-0.05, 0) is 51.9 Å². The second-order valence-electron chi connectivity index (χ2n) is 8.67. The summed E-state index contributed by atoms with van der Waals surface area (Å²) in [5.74, 6) is 0.695. The molecule has 1 aliphatic heterocycles. The first-order valence-corrected chi connectivity index (χ1v) is 13.0. The fourth-order valence-corrected chi connectivity index (χ4v) is 4.90. The number of benzene rings is 2. The third kappa shape index (κ3) is 5.59. The molecule has 0 aliphatic carbocycles. The van der Waals surface area contributed by atoms with E-state index in [0.717, 1.165) is 20.4 Å². The van der Waals surface area contributed by atoms with E-state index in [-0.39, 0.29) is 0 Å². The second-order valence-corrected chi connectivity index (χ2v) is 9.92. The Labute approximate surface area is 236 Å². The molecular formula is C25H24IN9O4. The van der Waals surface area contributed by atoms with Crippen LogP contribution in [0.1, 0.15) is 17.4 Å². The van der Waals surface area contributed by atoms with E-state index in [9.17, 15) is 9.90 Å². The van der Waals surface area contributed by atoms with Gasteiger partial charge in [0.1, 0.15) is 36.9 Å². The number of hydrogen-bond donors (Lipinski definition) is 3. The Balaban J connectivity index is 1.37. The lowest BCUT2D eigenvalue weighted by molar-refractivity contribution is -0.134. The molecule has 1 aliphatic rings. The highest BCUT2D eigenvalue weighted by Crippen LogP contribution is 2.34. The summed E-state index contributed by atoms with van der Waals surface area (Å²) in [5.41, 5.74) is 11.7. The molecule has 0 saturated carbocycles. The van der Waals surface area contributed by atoms with E-state index in [1.165, 1.54) is 24.3 Å². The van der Waals surface area contributed by atoms with Crippen LogP contribution in [0, 0.1) is 3.57 Å². The molecular weight excluding hydrogens is 617 g/mol. The molecule has 1 fully saturated rings. The SMILES string of the molecule is CNC(=O)[C@H]1O[C@@H](n2cnc3c(NCc4cc(I)ccc4OCc4ccccc4)ncnc32)[C@H](O)[C@@H]1N=[N+]=[N-]. The molecule has 13 nitrogen and oxygen atoms in total. The van der Waals surface area contributed by atoms with Crippen molar-refractivity contribution >= 4 is 45.5 Å². The molecule has 200 valence electrons. The Bertz CT molecular complexity index is 1530. The summed E-state index contributed by atoms with van der Waals surface area (Å²) < 4.78 is 14.5. The number of rotatable bonds is 9. The quantitative estimate of drug-likeness (QED) is 0.108. The van der Waals surface area contributed by atoms with Crippen molar-refractivity contribution in [3.05, 3.63) is 86.3 Å². The number of fused-ring (bicyclic) bond motifs is 1. The van der Waals surface area contributed by atoms with E-state index >= 15 is 0 Å². The van der Waals surface area contributed by atoms with Gasteiger partial charge < -0.3 is 25.2 Å². The zero-order chi connectivity index (χ0) is 27.4. The first-order chi connectivity index (χ1) is 19.0. The van der Waals surface area contributed by atoms with Crippen molar-refractivity contribution in [1.29, 1.82) is 0 Å². The van der Waals surface area contributed by atoms with Crippen molar-refractivity contribution in [1.82, 2.24) is 24.8 Å². The number of azide groups is 1. The van der Waals surface area contributed by atoms with Crippen LogP contribution < -0.4 is 15.4 Å². The Kier molecular flexibility index (Phi) is 8.07. The first-order valence-electron chi connectivity index (χ1n) is 12.0. The number of nitrogens with zero attached hydrogens (tertiary/aromatic N) is 7. The summed E-state index contributed by atoms with van der Waals surface area (Å²) in [7, 11) is 1.43. The van der Waals surface area contributed by atoms with Crippen molar-refractivity contribution in [3.63, 3.8) is 0 Å². The maximum absolute atomic E-state index is 12.3. The fourth-order valence-electron chi connectivity index (χ4n) is 4.35. The predicted octanol–water partition coefficient (Wildman–Crippen LogP) is 3.31. The molecule has 0 unspecified atom stereocenters. The number of nitrogens with one attached hydrogen (secondary N) is 2. The highest BCUT2D eigenvalue weighted by Gasteiger charge is 2.48. The minimum absolute atomic E-state index is 0.372. The van der Waals surface area contributed by atoms with Crippen molar-refractivity contribution < 1.29 is 19.4 Å². The lowest BCUT2D eigenvalue weighted by atomic mass is 10.1. The number of amides is 1. The molecule has 0 bridgehead atoms. The van der Waals surface area contributed by atoms with E-state index in [0.29, 0.717) is 30.1 Å². The third-order valence-electron chi connectivity index (χ3n) is 6.27. The Morgan fingerprint density at radius 2 is 2.08 bits per heavy atom. The largest absolute Gasteiger partial charge is 0.489 e. The van der Waals surface area contributed by atoms with Gasteiger partial charge in [-0.2, -0.15) is 0 Å². The topological polar surface area (TPSA) is 172 Å². The van der Waals surface area contributed by atoms with E-state index in [4.69, 9.17) is 15.0 Å². The Morgan fingerprint density at radius 3 is 2.85 bits per heavy atom. The minimum atomic E-state index is -1.30. The van der Waals surface area contributed by atoms with Crippen LogP contribution in [0.5, 0.6) is 5.75 Å². The van der Waals surface area contributed by atoms with Crippen LogP contribution in [0.15, 0.2) is 66.3 Å². The molecule has 4 atom stereocenters. The van der Waals surface area contributed by atoms with E-state index in [2.05, 4.69) is 58.2 Å². The zero-order valence-corrected chi connectivity index (χ0v) is 22.8. The number of aliphatic hydroxyl groups is 1. The lowest BCUT2D eigenvalue weighted by Gasteiger charge is -2.17. The van der Waals surface area contributed by atoms with Gasteiger partial charge >= 0.3 is 0 Å².